The highest BCUT2D eigenvalue weighted by Gasteiger charge is 2.33. The van der Waals surface area contributed by atoms with E-state index in [1.165, 1.54) is 24.4 Å². The minimum atomic E-state index is -4.56. The van der Waals surface area contributed by atoms with Crippen molar-refractivity contribution in [2.45, 2.75) is 12.7 Å². The van der Waals surface area contributed by atoms with E-state index in [2.05, 4.69) is 5.32 Å². The number of carbonyl (C=O) groups excluding carboxylic acids is 1. The molecule has 4 nitrogen and oxygen atoms in total. The highest BCUT2D eigenvalue weighted by molar-refractivity contribution is 5.93. The zero-order valence-electron chi connectivity index (χ0n) is 12.8. The van der Waals surface area contributed by atoms with Gasteiger partial charge in [0.25, 0.3) is 0 Å². The van der Waals surface area contributed by atoms with Gasteiger partial charge in [0, 0.05) is 17.1 Å². The monoisotopic (exact) mass is 343 g/mol. The van der Waals surface area contributed by atoms with Crippen molar-refractivity contribution in [1.82, 2.24) is 4.57 Å². The lowest BCUT2D eigenvalue weighted by atomic mass is 10.1. The van der Waals surface area contributed by atoms with Crippen molar-refractivity contribution in [3.8, 4) is 6.07 Å². The number of aromatic nitrogens is 1. The molecule has 0 aliphatic heterocycles. The Labute approximate surface area is 141 Å². The van der Waals surface area contributed by atoms with Gasteiger partial charge in [-0.1, -0.05) is 30.3 Å². The van der Waals surface area contributed by atoms with E-state index < -0.39 is 17.6 Å². The molecule has 1 heterocycles. The molecule has 1 N–H and O–H groups in total. The lowest BCUT2D eigenvalue weighted by Crippen LogP contribution is -2.20. The summed E-state index contributed by atoms with van der Waals surface area (Å²) in [6, 6.07) is 13.9. The summed E-state index contributed by atoms with van der Waals surface area (Å²) < 4.78 is 40.5. The zero-order valence-corrected chi connectivity index (χ0v) is 12.8. The average Bonchev–Trinajstić information content (AvgIpc) is 2.92. The minimum absolute atomic E-state index is 0.200. The molecule has 1 aromatic heterocycles. The Kier molecular flexibility index (Phi) is 4.19. The van der Waals surface area contributed by atoms with Crippen LogP contribution < -0.4 is 5.32 Å². The molecule has 0 unspecified atom stereocenters. The molecule has 0 aliphatic carbocycles. The first-order valence-corrected chi connectivity index (χ1v) is 7.34. The van der Waals surface area contributed by atoms with Crippen LogP contribution in [-0.4, -0.2) is 10.5 Å². The first-order valence-electron chi connectivity index (χ1n) is 7.34. The van der Waals surface area contributed by atoms with E-state index in [-0.39, 0.29) is 12.2 Å². The van der Waals surface area contributed by atoms with E-state index in [1.807, 2.05) is 6.07 Å². The van der Waals surface area contributed by atoms with Crippen molar-refractivity contribution in [1.29, 1.82) is 5.26 Å². The number of nitriles is 1. The summed E-state index contributed by atoms with van der Waals surface area (Å²) in [6.07, 6.45) is -3.04. The van der Waals surface area contributed by atoms with Gasteiger partial charge in [0.1, 0.15) is 12.6 Å². The van der Waals surface area contributed by atoms with Crippen molar-refractivity contribution >= 4 is 22.5 Å². The molecule has 0 saturated carbocycles. The Bertz CT molecular complexity index is 983. The fourth-order valence-electron chi connectivity index (χ4n) is 2.65. The molecule has 0 aliphatic rings. The molecule has 25 heavy (non-hydrogen) atoms. The van der Waals surface area contributed by atoms with Gasteiger partial charge in [0.05, 0.1) is 16.8 Å². The number of halogens is 3. The Morgan fingerprint density at radius 3 is 2.52 bits per heavy atom. The number of hydrogen-bond acceptors (Lipinski definition) is 2. The minimum Gasteiger partial charge on any atom is -0.337 e. The number of anilines is 1. The maximum atomic E-state index is 13.0. The molecule has 0 spiro atoms. The fraction of sp³-hybridized carbons (Fsp3) is 0.111. The van der Waals surface area contributed by atoms with E-state index in [0.29, 0.717) is 16.5 Å². The van der Waals surface area contributed by atoms with Gasteiger partial charge in [0.2, 0.25) is 5.91 Å². The van der Waals surface area contributed by atoms with Crippen LogP contribution in [0.25, 0.3) is 10.9 Å². The number of amides is 1. The van der Waals surface area contributed by atoms with Crippen molar-refractivity contribution in [3.63, 3.8) is 0 Å². The Morgan fingerprint density at radius 1 is 1.12 bits per heavy atom. The summed E-state index contributed by atoms with van der Waals surface area (Å²) in [5.74, 6) is -0.609. The number of nitrogens with zero attached hydrogens (tertiary/aromatic N) is 2. The topological polar surface area (TPSA) is 57.8 Å². The summed E-state index contributed by atoms with van der Waals surface area (Å²) in [7, 11) is 0. The highest BCUT2D eigenvalue weighted by Crippen LogP contribution is 2.34. The van der Waals surface area contributed by atoms with Gasteiger partial charge in [0.15, 0.2) is 0 Å². The van der Waals surface area contributed by atoms with Crippen LogP contribution in [-0.2, 0) is 17.5 Å². The number of carbonyl (C=O) groups is 1. The second-order valence-corrected chi connectivity index (χ2v) is 5.39. The van der Waals surface area contributed by atoms with Crippen LogP contribution >= 0.6 is 0 Å². The van der Waals surface area contributed by atoms with Gasteiger partial charge in [-0.05, 0) is 18.2 Å². The second kappa shape index (κ2) is 6.32. The number of para-hydroxylation sites is 2. The Balaban J connectivity index is 1.87. The zero-order chi connectivity index (χ0) is 18.0. The summed E-state index contributed by atoms with van der Waals surface area (Å²) in [5, 5.41) is 12.1. The first kappa shape index (κ1) is 16.6. The predicted molar refractivity (Wildman–Crippen MR) is 86.7 cm³/mol. The van der Waals surface area contributed by atoms with Crippen LogP contribution in [0.2, 0.25) is 0 Å². The van der Waals surface area contributed by atoms with E-state index in [4.69, 9.17) is 5.26 Å². The number of hydrogen-bond donors (Lipinski definition) is 1. The largest absolute Gasteiger partial charge is 0.418 e. The summed E-state index contributed by atoms with van der Waals surface area (Å²) in [5.41, 5.74) is -0.132. The molecule has 126 valence electrons. The van der Waals surface area contributed by atoms with E-state index in [9.17, 15) is 18.0 Å². The van der Waals surface area contributed by atoms with Crippen molar-refractivity contribution in [3.05, 3.63) is 65.9 Å². The number of alkyl halides is 3. The molecule has 0 atom stereocenters. The van der Waals surface area contributed by atoms with Gasteiger partial charge in [-0.3, -0.25) is 4.79 Å². The summed E-state index contributed by atoms with van der Waals surface area (Å²) >= 11 is 0. The maximum absolute atomic E-state index is 13.0. The van der Waals surface area contributed by atoms with Crippen molar-refractivity contribution < 1.29 is 18.0 Å². The third-order valence-corrected chi connectivity index (χ3v) is 3.73. The molecule has 2 aromatic carbocycles. The van der Waals surface area contributed by atoms with Crippen LogP contribution in [0, 0.1) is 11.3 Å². The second-order valence-electron chi connectivity index (χ2n) is 5.39. The Morgan fingerprint density at radius 2 is 1.80 bits per heavy atom. The predicted octanol–water partition coefficient (Wildman–Crippen LogP) is 4.17. The molecule has 3 rings (SSSR count). The van der Waals surface area contributed by atoms with Gasteiger partial charge < -0.3 is 9.88 Å². The normalized spacial score (nSPS) is 11.3. The van der Waals surface area contributed by atoms with Gasteiger partial charge in [-0.15, -0.1) is 0 Å². The van der Waals surface area contributed by atoms with Gasteiger partial charge in [-0.25, -0.2) is 0 Å². The molecule has 0 saturated heterocycles. The summed E-state index contributed by atoms with van der Waals surface area (Å²) in [4.78, 5) is 12.2. The number of nitrogens with one attached hydrogen (secondary N) is 1. The van der Waals surface area contributed by atoms with Crippen LogP contribution in [0.3, 0.4) is 0 Å². The standard InChI is InChI=1S/C18H12F3N3O/c19-18(20,21)14-6-2-3-7-15(14)23-17(25)11-24-10-12(9-22)13-5-1-4-8-16(13)24/h1-8,10H,11H2,(H,23,25). The van der Waals surface area contributed by atoms with Crippen LogP contribution in [0.15, 0.2) is 54.7 Å². The quantitative estimate of drug-likeness (QED) is 0.776. The van der Waals surface area contributed by atoms with Crippen molar-refractivity contribution in [2.75, 3.05) is 5.32 Å². The van der Waals surface area contributed by atoms with Gasteiger partial charge >= 0.3 is 6.18 Å². The molecule has 0 fully saturated rings. The molecule has 1 amide bonds. The maximum Gasteiger partial charge on any atom is 0.418 e. The van der Waals surface area contributed by atoms with Gasteiger partial charge in [-0.2, -0.15) is 18.4 Å². The van der Waals surface area contributed by atoms with Crippen LogP contribution in [0.4, 0.5) is 18.9 Å². The van der Waals surface area contributed by atoms with E-state index in [1.54, 1.807) is 28.8 Å². The van der Waals surface area contributed by atoms with E-state index in [0.717, 1.165) is 6.07 Å². The fourth-order valence-corrected chi connectivity index (χ4v) is 2.65. The lowest BCUT2D eigenvalue weighted by Gasteiger charge is -2.14. The first-order chi connectivity index (χ1) is 11.9. The smallest absolute Gasteiger partial charge is 0.337 e. The number of fused-ring (bicyclic) bond motifs is 1. The lowest BCUT2D eigenvalue weighted by molar-refractivity contribution is -0.137. The Hall–Kier alpha value is -3.27. The highest BCUT2D eigenvalue weighted by atomic mass is 19.4. The molecular formula is C18H12F3N3O. The third-order valence-electron chi connectivity index (χ3n) is 3.73. The average molecular weight is 343 g/mol. The number of benzene rings is 2. The van der Waals surface area contributed by atoms with E-state index >= 15 is 0 Å². The molecule has 0 radical (unpaired) electrons. The number of rotatable bonds is 3. The third kappa shape index (κ3) is 3.33. The molecule has 0 bridgehead atoms. The molecule has 3 aromatic rings. The van der Waals surface area contributed by atoms with Crippen molar-refractivity contribution in [2.24, 2.45) is 0 Å². The van der Waals surface area contributed by atoms with Crippen LogP contribution in [0.1, 0.15) is 11.1 Å². The molecular weight excluding hydrogens is 331 g/mol. The molecule has 7 heteroatoms. The SMILES string of the molecule is N#Cc1cn(CC(=O)Nc2ccccc2C(F)(F)F)c2ccccc12. The van der Waals surface area contributed by atoms with Crippen LogP contribution in [0.5, 0.6) is 0 Å². The summed E-state index contributed by atoms with van der Waals surface area (Å²) in [6.45, 7) is -0.200.